The Balaban J connectivity index is 1.98. The number of carbonyl (C=O) groups is 3. The molecule has 0 radical (unpaired) electrons. The van der Waals surface area contributed by atoms with Crippen LogP contribution in [0.3, 0.4) is 0 Å². The van der Waals surface area contributed by atoms with Gasteiger partial charge in [-0.2, -0.15) is 0 Å². The molecule has 2 amide bonds. The summed E-state index contributed by atoms with van der Waals surface area (Å²) in [6.45, 7) is 2.03. The summed E-state index contributed by atoms with van der Waals surface area (Å²) in [5, 5.41) is 11.8. The molecule has 8 heteroatoms. The third-order valence-electron chi connectivity index (χ3n) is 4.67. The molecular weight excluding hydrogens is 340 g/mol. The SMILES string of the molecule is COc1ccc(C(=O)NCC(=O)N2CCC[C@H](C(=O)O)[C@@H]2C)cc1OC. The first-order valence-electron chi connectivity index (χ1n) is 8.41. The van der Waals surface area contributed by atoms with Crippen LogP contribution in [0.15, 0.2) is 18.2 Å². The summed E-state index contributed by atoms with van der Waals surface area (Å²) in [4.78, 5) is 37.5. The topological polar surface area (TPSA) is 105 Å². The molecule has 1 fully saturated rings. The van der Waals surface area contributed by atoms with Crippen LogP contribution in [-0.2, 0) is 9.59 Å². The van der Waals surface area contributed by atoms with Crippen LogP contribution in [0.2, 0.25) is 0 Å². The Kier molecular flexibility index (Phi) is 6.43. The zero-order chi connectivity index (χ0) is 19.3. The molecule has 8 nitrogen and oxygen atoms in total. The molecular formula is C18H24N2O6. The zero-order valence-corrected chi connectivity index (χ0v) is 15.2. The van der Waals surface area contributed by atoms with E-state index >= 15 is 0 Å². The molecule has 26 heavy (non-hydrogen) atoms. The summed E-state index contributed by atoms with van der Waals surface area (Å²) >= 11 is 0. The van der Waals surface area contributed by atoms with Crippen LogP contribution in [0.5, 0.6) is 11.5 Å². The van der Waals surface area contributed by atoms with Gasteiger partial charge in [0.25, 0.3) is 5.91 Å². The molecule has 0 spiro atoms. The number of benzene rings is 1. The van der Waals surface area contributed by atoms with Crippen molar-refractivity contribution in [2.24, 2.45) is 5.92 Å². The highest BCUT2D eigenvalue weighted by Crippen LogP contribution is 2.27. The standard InChI is InChI=1S/C18H24N2O6/c1-11-13(18(23)24)5-4-8-20(11)16(21)10-19-17(22)12-6-7-14(25-2)15(9-12)26-3/h6-7,9,11,13H,4-5,8,10H2,1-3H3,(H,19,22)(H,23,24)/t11-,13-/m0/s1. The van der Waals surface area contributed by atoms with E-state index in [1.165, 1.54) is 25.2 Å². The highest BCUT2D eigenvalue weighted by Gasteiger charge is 2.35. The van der Waals surface area contributed by atoms with Crippen LogP contribution in [0.25, 0.3) is 0 Å². The number of likely N-dealkylation sites (tertiary alicyclic amines) is 1. The molecule has 1 heterocycles. The number of piperidine rings is 1. The Hall–Kier alpha value is -2.77. The maximum Gasteiger partial charge on any atom is 0.308 e. The number of carboxylic acid groups (broad SMARTS) is 1. The molecule has 0 saturated carbocycles. The molecule has 2 N–H and O–H groups in total. The van der Waals surface area contributed by atoms with E-state index in [-0.39, 0.29) is 12.5 Å². The Morgan fingerprint density at radius 2 is 1.92 bits per heavy atom. The predicted molar refractivity (Wildman–Crippen MR) is 93.4 cm³/mol. The second-order valence-corrected chi connectivity index (χ2v) is 6.17. The maximum atomic E-state index is 12.4. The summed E-state index contributed by atoms with van der Waals surface area (Å²) in [7, 11) is 2.97. The van der Waals surface area contributed by atoms with Gasteiger partial charge in [0.1, 0.15) is 0 Å². The molecule has 0 aromatic heterocycles. The van der Waals surface area contributed by atoms with Crippen molar-refractivity contribution in [3.63, 3.8) is 0 Å². The van der Waals surface area contributed by atoms with Gasteiger partial charge in [-0.05, 0) is 38.0 Å². The monoisotopic (exact) mass is 364 g/mol. The minimum atomic E-state index is -0.899. The summed E-state index contributed by atoms with van der Waals surface area (Å²) in [5.41, 5.74) is 0.338. The summed E-state index contributed by atoms with van der Waals surface area (Å²) in [5.74, 6) is -1.27. The van der Waals surface area contributed by atoms with Crippen molar-refractivity contribution in [2.45, 2.75) is 25.8 Å². The lowest BCUT2D eigenvalue weighted by atomic mass is 9.90. The van der Waals surface area contributed by atoms with E-state index in [4.69, 9.17) is 9.47 Å². The maximum absolute atomic E-state index is 12.4. The van der Waals surface area contributed by atoms with Crippen LogP contribution in [0, 0.1) is 5.92 Å². The second-order valence-electron chi connectivity index (χ2n) is 6.17. The molecule has 2 rings (SSSR count). The molecule has 0 bridgehead atoms. The first-order chi connectivity index (χ1) is 12.4. The molecule has 1 aromatic carbocycles. The van der Waals surface area contributed by atoms with E-state index in [1.54, 1.807) is 19.1 Å². The van der Waals surface area contributed by atoms with Crippen molar-refractivity contribution >= 4 is 17.8 Å². The van der Waals surface area contributed by atoms with E-state index < -0.39 is 23.8 Å². The Morgan fingerprint density at radius 1 is 1.23 bits per heavy atom. The zero-order valence-electron chi connectivity index (χ0n) is 15.2. The predicted octanol–water partition coefficient (Wildman–Crippen LogP) is 1.15. The number of carboxylic acids is 1. The molecule has 1 aromatic rings. The fourth-order valence-electron chi connectivity index (χ4n) is 3.16. The Morgan fingerprint density at radius 3 is 2.54 bits per heavy atom. The van der Waals surface area contributed by atoms with E-state index in [2.05, 4.69) is 5.32 Å². The number of nitrogens with zero attached hydrogens (tertiary/aromatic N) is 1. The quantitative estimate of drug-likeness (QED) is 0.784. The third kappa shape index (κ3) is 4.25. The van der Waals surface area contributed by atoms with Gasteiger partial charge in [-0.15, -0.1) is 0 Å². The van der Waals surface area contributed by atoms with E-state index in [1.807, 2.05) is 0 Å². The van der Waals surface area contributed by atoms with Gasteiger partial charge >= 0.3 is 5.97 Å². The minimum Gasteiger partial charge on any atom is -0.493 e. The summed E-state index contributed by atoms with van der Waals surface area (Å²) in [6, 6.07) is 4.32. The number of hydrogen-bond acceptors (Lipinski definition) is 5. The number of aliphatic carboxylic acids is 1. The first kappa shape index (κ1) is 19.6. The van der Waals surface area contributed by atoms with Gasteiger partial charge in [0, 0.05) is 18.2 Å². The van der Waals surface area contributed by atoms with Gasteiger partial charge in [-0.1, -0.05) is 0 Å². The minimum absolute atomic E-state index is 0.191. The lowest BCUT2D eigenvalue weighted by Gasteiger charge is -2.37. The van der Waals surface area contributed by atoms with Gasteiger partial charge in [-0.25, -0.2) is 0 Å². The van der Waals surface area contributed by atoms with Crippen molar-refractivity contribution in [3.05, 3.63) is 23.8 Å². The largest absolute Gasteiger partial charge is 0.493 e. The molecule has 1 aliphatic heterocycles. The van der Waals surface area contributed by atoms with Crippen molar-refractivity contribution in [1.82, 2.24) is 10.2 Å². The lowest BCUT2D eigenvalue weighted by molar-refractivity contribution is -0.148. The molecule has 1 saturated heterocycles. The van der Waals surface area contributed by atoms with Gasteiger partial charge in [0.15, 0.2) is 11.5 Å². The number of hydrogen-bond donors (Lipinski definition) is 2. The molecule has 2 atom stereocenters. The summed E-state index contributed by atoms with van der Waals surface area (Å²) < 4.78 is 10.3. The number of rotatable bonds is 6. The fraction of sp³-hybridized carbons (Fsp3) is 0.500. The van der Waals surface area contributed by atoms with Crippen molar-refractivity contribution in [1.29, 1.82) is 0 Å². The number of amides is 2. The average molecular weight is 364 g/mol. The number of ether oxygens (including phenoxy) is 2. The molecule has 1 aliphatic rings. The highest BCUT2D eigenvalue weighted by molar-refractivity contribution is 5.97. The summed E-state index contributed by atoms with van der Waals surface area (Å²) in [6.07, 6.45) is 1.19. The smallest absolute Gasteiger partial charge is 0.308 e. The van der Waals surface area contributed by atoms with Gasteiger partial charge in [-0.3, -0.25) is 14.4 Å². The van der Waals surface area contributed by atoms with Gasteiger partial charge in [0.2, 0.25) is 5.91 Å². The first-order valence-corrected chi connectivity index (χ1v) is 8.41. The normalized spacial score (nSPS) is 19.6. The average Bonchev–Trinajstić information content (AvgIpc) is 2.65. The lowest BCUT2D eigenvalue weighted by Crippen LogP contribution is -2.51. The fourth-order valence-corrected chi connectivity index (χ4v) is 3.16. The van der Waals surface area contributed by atoms with Gasteiger partial charge in [0.05, 0.1) is 26.7 Å². The van der Waals surface area contributed by atoms with E-state index in [0.29, 0.717) is 36.4 Å². The van der Waals surface area contributed by atoms with Crippen LogP contribution in [0.4, 0.5) is 0 Å². The van der Waals surface area contributed by atoms with Crippen LogP contribution in [-0.4, -0.2) is 61.1 Å². The van der Waals surface area contributed by atoms with Crippen molar-refractivity contribution in [2.75, 3.05) is 27.3 Å². The third-order valence-corrected chi connectivity index (χ3v) is 4.67. The number of nitrogens with one attached hydrogen (secondary N) is 1. The van der Waals surface area contributed by atoms with Gasteiger partial charge < -0.3 is 24.8 Å². The second kappa shape index (κ2) is 8.55. The Labute approximate surface area is 152 Å². The van der Waals surface area contributed by atoms with Crippen molar-refractivity contribution in [3.8, 4) is 11.5 Å². The van der Waals surface area contributed by atoms with Crippen molar-refractivity contribution < 1.29 is 29.0 Å². The Bertz CT molecular complexity index is 690. The molecule has 0 aliphatic carbocycles. The number of methoxy groups -OCH3 is 2. The van der Waals surface area contributed by atoms with Crippen LogP contribution >= 0.6 is 0 Å². The number of carbonyl (C=O) groups excluding carboxylic acids is 2. The molecule has 0 unspecified atom stereocenters. The van der Waals surface area contributed by atoms with E-state index in [0.717, 1.165) is 0 Å². The van der Waals surface area contributed by atoms with Crippen LogP contribution < -0.4 is 14.8 Å². The highest BCUT2D eigenvalue weighted by atomic mass is 16.5. The van der Waals surface area contributed by atoms with E-state index in [9.17, 15) is 19.5 Å². The molecule has 142 valence electrons. The van der Waals surface area contributed by atoms with Crippen LogP contribution in [0.1, 0.15) is 30.1 Å².